The first-order valence-electron chi connectivity index (χ1n) is 7.11. The molecule has 24 heavy (non-hydrogen) atoms. The van der Waals surface area contributed by atoms with Crippen molar-refractivity contribution in [2.45, 2.75) is 26.6 Å². The van der Waals surface area contributed by atoms with Gasteiger partial charge < -0.3 is 24.8 Å². The zero-order valence-corrected chi connectivity index (χ0v) is 13.8. The Morgan fingerprint density at radius 2 is 1.83 bits per heavy atom. The first kappa shape index (κ1) is 17.3. The molecule has 0 spiro atoms. The minimum Gasteiger partial charge on any atom is -0.494 e. The molecule has 8 nitrogen and oxygen atoms in total. The summed E-state index contributed by atoms with van der Waals surface area (Å²) in [5, 5.41) is 5.43. The smallest absolute Gasteiger partial charge is 0.350 e. The van der Waals surface area contributed by atoms with Crippen LogP contribution in [0.2, 0.25) is 0 Å². The molecule has 1 saturated heterocycles. The summed E-state index contributed by atoms with van der Waals surface area (Å²) in [5.74, 6) is -2.64. The van der Waals surface area contributed by atoms with E-state index in [9.17, 15) is 14.4 Å². The fourth-order valence-electron chi connectivity index (χ4n) is 2.01. The first-order valence-corrected chi connectivity index (χ1v) is 7.11. The molecule has 0 aromatic heterocycles. The third-order valence-corrected chi connectivity index (χ3v) is 3.01. The van der Waals surface area contributed by atoms with Crippen molar-refractivity contribution in [3.05, 3.63) is 30.0 Å². The van der Waals surface area contributed by atoms with Crippen molar-refractivity contribution < 1.29 is 28.6 Å². The Morgan fingerprint density at radius 1 is 1.21 bits per heavy atom. The van der Waals surface area contributed by atoms with Crippen LogP contribution >= 0.6 is 0 Å². The summed E-state index contributed by atoms with van der Waals surface area (Å²) in [6.45, 7) is 4.33. The SMILES string of the molecule is COc1cc(NC=C2C(=O)OC(C)(C)OC2=O)ccc1NC(C)=O. The van der Waals surface area contributed by atoms with Gasteiger partial charge in [0.2, 0.25) is 5.91 Å². The first-order chi connectivity index (χ1) is 11.2. The molecule has 1 amide bonds. The van der Waals surface area contributed by atoms with E-state index in [0.29, 0.717) is 17.1 Å². The number of carbonyl (C=O) groups excluding carboxylic acids is 3. The van der Waals surface area contributed by atoms with Crippen molar-refractivity contribution in [1.82, 2.24) is 0 Å². The molecule has 0 atom stereocenters. The summed E-state index contributed by atoms with van der Waals surface area (Å²) in [5.41, 5.74) is 0.791. The highest BCUT2D eigenvalue weighted by molar-refractivity contribution is 6.15. The Morgan fingerprint density at radius 3 is 2.38 bits per heavy atom. The maximum atomic E-state index is 11.8. The van der Waals surface area contributed by atoms with Gasteiger partial charge in [-0.2, -0.15) is 0 Å². The van der Waals surface area contributed by atoms with Crippen LogP contribution < -0.4 is 15.4 Å². The summed E-state index contributed by atoms with van der Waals surface area (Å²) in [7, 11) is 1.46. The van der Waals surface area contributed by atoms with Gasteiger partial charge >= 0.3 is 11.9 Å². The predicted molar refractivity (Wildman–Crippen MR) is 85.3 cm³/mol. The van der Waals surface area contributed by atoms with Crippen LogP contribution in [0.5, 0.6) is 5.75 Å². The predicted octanol–water partition coefficient (Wildman–Crippen LogP) is 1.79. The number of methoxy groups -OCH3 is 1. The summed E-state index contributed by atoms with van der Waals surface area (Å²) in [6, 6.07) is 4.88. The van der Waals surface area contributed by atoms with Crippen molar-refractivity contribution in [3.8, 4) is 5.75 Å². The van der Waals surface area contributed by atoms with Crippen LogP contribution in [0.1, 0.15) is 20.8 Å². The second-order valence-electron chi connectivity index (χ2n) is 5.48. The Hall–Kier alpha value is -3.03. The lowest BCUT2D eigenvalue weighted by molar-refractivity contribution is -0.222. The van der Waals surface area contributed by atoms with Gasteiger partial charge in [0.1, 0.15) is 5.75 Å². The molecule has 1 aromatic rings. The number of anilines is 2. The van der Waals surface area contributed by atoms with Crippen molar-refractivity contribution in [2.24, 2.45) is 0 Å². The van der Waals surface area contributed by atoms with Crippen LogP contribution in [0.4, 0.5) is 11.4 Å². The summed E-state index contributed by atoms with van der Waals surface area (Å²) in [4.78, 5) is 34.8. The normalized spacial score (nSPS) is 15.9. The second kappa shape index (κ2) is 6.61. The van der Waals surface area contributed by atoms with Gasteiger partial charge in [0.15, 0.2) is 5.57 Å². The molecule has 0 saturated carbocycles. The van der Waals surface area contributed by atoms with Gasteiger partial charge in [-0.3, -0.25) is 4.79 Å². The van der Waals surface area contributed by atoms with Crippen LogP contribution in [0.15, 0.2) is 30.0 Å². The fourth-order valence-corrected chi connectivity index (χ4v) is 2.01. The standard InChI is InChI=1S/C16H18N2O6/c1-9(19)18-12-6-5-10(7-13(12)22-4)17-8-11-14(20)23-16(2,3)24-15(11)21/h5-8,17H,1-4H3,(H,18,19). The van der Waals surface area contributed by atoms with Crippen LogP contribution in [0, 0.1) is 0 Å². The number of rotatable bonds is 4. The number of benzene rings is 1. The van der Waals surface area contributed by atoms with Crippen molar-refractivity contribution in [2.75, 3.05) is 17.7 Å². The van der Waals surface area contributed by atoms with Crippen LogP contribution in [-0.4, -0.2) is 30.7 Å². The quantitative estimate of drug-likeness (QED) is 0.491. The maximum Gasteiger partial charge on any atom is 0.350 e. The third-order valence-electron chi connectivity index (χ3n) is 3.01. The van der Waals surface area contributed by atoms with E-state index in [-0.39, 0.29) is 11.5 Å². The van der Waals surface area contributed by atoms with Gasteiger partial charge in [0, 0.05) is 38.7 Å². The largest absolute Gasteiger partial charge is 0.494 e. The minimum atomic E-state index is -1.28. The molecule has 128 valence electrons. The van der Waals surface area contributed by atoms with Gasteiger partial charge in [-0.1, -0.05) is 0 Å². The van der Waals surface area contributed by atoms with E-state index in [0.717, 1.165) is 0 Å². The van der Waals surface area contributed by atoms with Gasteiger partial charge in [0.05, 0.1) is 12.8 Å². The Kier molecular flexibility index (Phi) is 4.77. The highest BCUT2D eigenvalue weighted by atomic mass is 16.7. The molecule has 0 aliphatic carbocycles. The molecular formula is C16H18N2O6. The lowest BCUT2D eigenvalue weighted by atomic mass is 10.2. The molecule has 1 heterocycles. The zero-order valence-electron chi connectivity index (χ0n) is 13.8. The number of carbonyl (C=O) groups is 3. The van der Waals surface area contributed by atoms with E-state index >= 15 is 0 Å². The van der Waals surface area contributed by atoms with Gasteiger partial charge in [-0.25, -0.2) is 9.59 Å². The molecule has 2 N–H and O–H groups in total. The van der Waals surface area contributed by atoms with E-state index in [2.05, 4.69) is 10.6 Å². The summed E-state index contributed by atoms with van der Waals surface area (Å²) < 4.78 is 15.2. The third kappa shape index (κ3) is 4.03. The Bertz CT molecular complexity index is 701. The molecule has 1 aliphatic rings. The fraction of sp³-hybridized carbons (Fsp3) is 0.312. The maximum absolute atomic E-state index is 11.8. The molecule has 1 aromatic carbocycles. The van der Waals surface area contributed by atoms with Gasteiger partial charge in [-0.05, 0) is 12.1 Å². The van der Waals surface area contributed by atoms with E-state index < -0.39 is 17.7 Å². The van der Waals surface area contributed by atoms with E-state index in [1.165, 1.54) is 34.1 Å². The minimum absolute atomic E-state index is 0.230. The Labute approximate surface area is 138 Å². The highest BCUT2D eigenvalue weighted by Gasteiger charge is 2.38. The Balaban J connectivity index is 2.18. The highest BCUT2D eigenvalue weighted by Crippen LogP contribution is 2.28. The van der Waals surface area contributed by atoms with E-state index in [1.807, 2.05) is 0 Å². The number of hydrogen-bond donors (Lipinski definition) is 2. The number of hydrogen-bond acceptors (Lipinski definition) is 7. The number of nitrogens with one attached hydrogen (secondary N) is 2. The average molecular weight is 334 g/mol. The molecule has 0 radical (unpaired) electrons. The molecule has 0 bridgehead atoms. The van der Waals surface area contributed by atoms with Crippen molar-refractivity contribution >= 4 is 29.2 Å². The average Bonchev–Trinajstić information content (AvgIpc) is 2.45. The summed E-state index contributed by atoms with van der Waals surface area (Å²) >= 11 is 0. The molecule has 0 unspecified atom stereocenters. The lowest BCUT2D eigenvalue weighted by Crippen LogP contribution is -2.42. The van der Waals surface area contributed by atoms with E-state index in [1.54, 1.807) is 18.2 Å². The number of ether oxygens (including phenoxy) is 3. The van der Waals surface area contributed by atoms with Crippen molar-refractivity contribution in [3.63, 3.8) is 0 Å². The van der Waals surface area contributed by atoms with Crippen molar-refractivity contribution in [1.29, 1.82) is 0 Å². The van der Waals surface area contributed by atoms with Gasteiger partial charge in [0.25, 0.3) is 5.79 Å². The second-order valence-corrected chi connectivity index (χ2v) is 5.48. The number of esters is 2. The van der Waals surface area contributed by atoms with E-state index in [4.69, 9.17) is 14.2 Å². The number of cyclic esters (lactones) is 2. The summed E-state index contributed by atoms with van der Waals surface area (Å²) in [6.07, 6.45) is 1.20. The monoisotopic (exact) mass is 334 g/mol. The molecule has 1 fully saturated rings. The molecule has 1 aliphatic heterocycles. The van der Waals surface area contributed by atoms with Gasteiger partial charge in [-0.15, -0.1) is 0 Å². The lowest BCUT2D eigenvalue weighted by Gasteiger charge is -2.29. The van der Waals surface area contributed by atoms with Crippen LogP contribution in [-0.2, 0) is 23.9 Å². The zero-order chi connectivity index (χ0) is 17.9. The topological polar surface area (TPSA) is 103 Å². The van der Waals surface area contributed by atoms with Crippen LogP contribution in [0.3, 0.4) is 0 Å². The molecule has 8 heteroatoms. The molecular weight excluding hydrogens is 316 g/mol. The number of amides is 1. The van der Waals surface area contributed by atoms with Crippen LogP contribution in [0.25, 0.3) is 0 Å². The molecule has 2 rings (SSSR count).